The van der Waals surface area contributed by atoms with E-state index >= 15 is 0 Å². The van der Waals surface area contributed by atoms with E-state index in [1.807, 2.05) is 45.0 Å². The summed E-state index contributed by atoms with van der Waals surface area (Å²) in [4.78, 5) is 26.6. The van der Waals surface area contributed by atoms with Crippen LogP contribution in [0.3, 0.4) is 0 Å². The first kappa shape index (κ1) is 18.5. The van der Waals surface area contributed by atoms with Crippen LogP contribution < -0.4 is 15.0 Å². The highest BCUT2D eigenvalue weighted by molar-refractivity contribution is 5.97. The van der Waals surface area contributed by atoms with Crippen molar-refractivity contribution in [2.24, 2.45) is 0 Å². The third kappa shape index (κ3) is 3.61. The van der Waals surface area contributed by atoms with Crippen LogP contribution in [0, 0.1) is 6.92 Å². The molecule has 2 aromatic carbocycles. The summed E-state index contributed by atoms with van der Waals surface area (Å²) in [7, 11) is 0. The summed E-state index contributed by atoms with van der Waals surface area (Å²) in [5.41, 5.74) is 3.26. The molecule has 1 atom stereocenters. The number of aryl methyl sites for hydroxylation is 1. The predicted molar refractivity (Wildman–Crippen MR) is 109 cm³/mol. The molecule has 0 unspecified atom stereocenters. The van der Waals surface area contributed by atoms with E-state index in [0.29, 0.717) is 18.4 Å². The van der Waals surface area contributed by atoms with Gasteiger partial charge in [0.05, 0.1) is 6.04 Å². The zero-order valence-electron chi connectivity index (χ0n) is 16.6. The van der Waals surface area contributed by atoms with Gasteiger partial charge in [0.15, 0.2) is 0 Å². The van der Waals surface area contributed by atoms with Crippen molar-refractivity contribution < 1.29 is 14.3 Å². The lowest BCUT2D eigenvalue weighted by atomic mass is 9.88. The number of benzene rings is 2. The molecule has 1 N–H and O–H groups in total. The van der Waals surface area contributed by atoms with Crippen LogP contribution in [0.5, 0.6) is 5.75 Å². The van der Waals surface area contributed by atoms with Gasteiger partial charge >= 0.3 is 0 Å². The van der Waals surface area contributed by atoms with E-state index < -0.39 is 0 Å². The van der Waals surface area contributed by atoms with Crippen molar-refractivity contribution in [2.45, 2.75) is 51.7 Å². The van der Waals surface area contributed by atoms with Crippen LogP contribution in [-0.2, 0) is 4.79 Å². The van der Waals surface area contributed by atoms with Crippen molar-refractivity contribution in [1.29, 1.82) is 0 Å². The summed E-state index contributed by atoms with van der Waals surface area (Å²) in [5.74, 6) is 0.859. The van der Waals surface area contributed by atoms with Crippen LogP contribution in [0.4, 0.5) is 5.69 Å². The van der Waals surface area contributed by atoms with E-state index in [1.54, 1.807) is 17.0 Å². The fourth-order valence-corrected chi connectivity index (χ4v) is 4.06. The van der Waals surface area contributed by atoms with Gasteiger partial charge in [0, 0.05) is 36.2 Å². The number of nitrogens with one attached hydrogen (secondary N) is 1. The Labute approximate surface area is 165 Å². The largest absolute Gasteiger partial charge is 0.487 e. The van der Waals surface area contributed by atoms with Crippen molar-refractivity contribution in [3.8, 4) is 5.75 Å². The second-order valence-corrected chi connectivity index (χ2v) is 8.33. The molecule has 2 aliphatic rings. The third-order valence-electron chi connectivity index (χ3n) is 5.44. The number of ether oxygens (including phenoxy) is 1. The molecule has 5 heteroatoms. The second kappa shape index (κ2) is 6.97. The molecule has 1 saturated heterocycles. The molecule has 2 heterocycles. The molecule has 2 aromatic rings. The fraction of sp³-hybridized carbons (Fsp3) is 0.391. The Morgan fingerprint density at radius 3 is 2.61 bits per heavy atom. The SMILES string of the molecule is Cc1ccc2c(c1)[C@@H](NC(=O)c1ccc(N3CCCC3=O)cc1)CC(C)(C)O2. The second-order valence-electron chi connectivity index (χ2n) is 8.33. The molecule has 0 bridgehead atoms. The van der Waals surface area contributed by atoms with Gasteiger partial charge in [-0.3, -0.25) is 9.59 Å². The number of carbonyl (C=O) groups excluding carboxylic acids is 2. The first-order valence-corrected chi connectivity index (χ1v) is 9.83. The topological polar surface area (TPSA) is 58.6 Å². The molecule has 1 fully saturated rings. The quantitative estimate of drug-likeness (QED) is 0.873. The molecular formula is C23H26N2O3. The van der Waals surface area contributed by atoms with Crippen molar-refractivity contribution in [3.63, 3.8) is 0 Å². The predicted octanol–water partition coefficient (Wildman–Crippen LogP) is 4.15. The molecule has 0 aromatic heterocycles. The van der Waals surface area contributed by atoms with Gasteiger partial charge in [0.25, 0.3) is 5.91 Å². The van der Waals surface area contributed by atoms with Crippen LogP contribution in [0.2, 0.25) is 0 Å². The minimum atomic E-state index is -0.347. The smallest absolute Gasteiger partial charge is 0.251 e. The Morgan fingerprint density at radius 1 is 1.18 bits per heavy atom. The lowest BCUT2D eigenvalue weighted by molar-refractivity contribution is -0.117. The summed E-state index contributed by atoms with van der Waals surface area (Å²) in [5, 5.41) is 3.17. The number of amides is 2. The number of carbonyl (C=O) groups is 2. The zero-order valence-corrected chi connectivity index (χ0v) is 16.6. The van der Waals surface area contributed by atoms with E-state index in [1.165, 1.54) is 0 Å². The summed E-state index contributed by atoms with van der Waals surface area (Å²) in [6.45, 7) is 6.86. The normalized spacial score (nSPS) is 20.5. The van der Waals surface area contributed by atoms with E-state index in [0.717, 1.165) is 35.5 Å². The van der Waals surface area contributed by atoms with Gasteiger partial charge in [0.2, 0.25) is 5.91 Å². The van der Waals surface area contributed by atoms with Crippen LogP contribution in [0.1, 0.15) is 60.6 Å². The van der Waals surface area contributed by atoms with Gasteiger partial charge in [-0.25, -0.2) is 0 Å². The molecular weight excluding hydrogens is 352 g/mol. The maximum Gasteiger partial charge on any atom is 0.251 e. The standard InChI is InChI=1S/C23H26N2O3/c1-15-6-11-20-18(13-15)19(14-23(2,3)28-20)24-22(27)16-7-9-17(10-8-16)25-12-4-5-21(25)26/h6-11,13,19H,4-5,12,14H2,1-3H3,(H,24,27)/t19-/m0/s1. The van der Waals surface area contributed by atoms with Gasteiger partial charge < -0.3 is 15.0 Å². The molecule has 0 aliphatic carbocycles. The number of anilines is 1. The first-order chi connectivity index (χ1) is 13.3. The summed E-state index contributed by atoms with van der Waals surface area (Å²) >= 11 is 0. The van der Waals surface area contributed by atoms with Gasteiger partial charge in [0.1, 0.15) is 11.4 Å². The van der Waals surface area contributed by atoms with Gasteiger partial charge in [-0.2, -0.15) is 0 Å². The van der Waals surface area contributed by atoms with Crippen LogP contribution in [0.25, 0.3) is 0 Å². The number of fused-ring (bicyclic) bond motifs is 1. The van der Waals surface area contributed by atoms with Crippen LogP contribution >= 0.6 is 0 Å². The number of hydrogen-bond donors (Lipinski definition) is 1. The number of hydrogen-bond acceptors (Lipinski definition) is 3. The molecule has 28 heavy (non-hydrogen) atoms. The zero-order chi connectivity index (χ0) is 19.9. The molecule has 5 nitrogen and oxygen atoms in total. The van der Waals surface area contributed by atoms with E-state index in [9.17, 15) is 9.59 Å². The lowest BCUT2D eigenvalue weighted by Crippen LogP contribution is -2.41. The Hall–Kier alpha value is -2.82. The molecule has 0 saturated carbocycles. The van der Waals surface area contributed by atoms with Gasteiger partial charge in [-0.15, -0.1) is 0 Å². The Kier molecular flexibility index (Phi) is 4.61. The highest BCUT2D eigenvalue weighted by atomic mass is 16.5. The van der Waals surface area contributed by atoms with E-state index in [4.69, 9.17) is 4.74 Å². The average molecular weight is 378 g/mol. The highest BCUT2D eigenvalue weighted by Gasteiger charge is 2.34. The Morgan fingerprint density at radius 2 is 1.93 bits per heavy atom. The average Bonchev–Trinajstić information content (AvgIpc) is 3.08. The number of nitrogens with zero attached hydrogens (tertiary/aromatic N) is 1. The minimum absolute atomic E-state index is 0.106. The lowest BCUT2D eigenvalue weighted by Gasteiger charge is -2.38. The van der Waals surface area contributed by atoms with Gasteiger partial charge in [-0.1, -0.05) is 17.7 Å². The van der Waals surface area contributed by atoms with Crippen molar-refractivity contribution in [2.75, 3.05) is 11.4 Å². The van der Waals surface area contributed by atoms with E-state index in [-0.39, 0.29) is 23.5 Å². The summed E-state index contributed by atoms with van der Waals surface area (Å²) in [6, 6.07) is 13.3. The maximum atomic E-state index is 12.9. The summed E-state index contributed by atoms with van der Waals surface area (Å²) < 4.78 is 6.09. The van der Waals surface area contributed by atoms with E-state index in [2.05, 4.69) is 11.4 Å². The van der Waals surface area contributed by atoms with Crippen LogP contribution in [0.15, 0.2) is 42.5 Å². The van der Waals surface area contributed by atoms with Crippen LogP contribution in [-0.4, -0.2) is 24.0 Å². The monoisotopic (exact) mass is 378 g/mol. The Bertz CT molecular complexity index is 918. The van der Waals surface area contributed by atoms with Crippen molar-refractivity contribution in [3.05, 3.63) is 59.2 Å². The Balaban J connectivity index is 1.53. The fourth-order valence-electron chi connectivity index (χ4n) is 4.06. The maximum absolute atomic E-state index is 12.9. The molecule has 0 radical (unpaired) electrons. The third-order valence-corrected chi connectivity index (χ3v) is 5.44. The minimum Gasteiger partial charge on any atom is -0.487 e. The molecule has 2 aliphatic heterocycles. The van der Waals surface area contributed by atoms with Crippen molar-refractivity contribution >= 4 is 17.5 Å². The molecule has 2 amide bonds. The number of rotatable bonds is 3. The first-order valence-electron chi connectivity index (χ1n) is 9.83. The van der Waals surface area contributed by atoms with Gasteiger partial charge in [-0.05, 0) is 57.5 Å². The van der Waals surface area contributed by atoms with Crippen molar-refractivity contribution in [1.82, 2.24) is 5.32 Å². The molecule has 0 spiro atoms. The highest BCUT2D eigenvalue weighted by Crippen LogP contribution is 2.40. The summed E-state index contributed by atoms with van der Waals surface area (Å²) in [6.07, 6.45) is 2.19. The molecule has 146 valence electrons. The molecule has 4 rings (SSSR count).